The first-order chi connectivity index (χ1) is 16.8. The van der Waals surface area contributed by atoms with E-state index in [1.807, 2.05) is 30.3 Å². The molecule has 0 aliphatic rings. The van der Waals surface area contributed by atoms with Gasteiger partial charge in [0, 0.05) is 25.2 Å². The van der Waals surface area contributed by atoms with E-state index < -0.39 is 11.9 Å². The molecule has 0 spiro atoms. The Morgan fingerprint density at radius 3 is 1.83 bits per heavy atom. The number of halogens is 1. The van der Waals surface area contributed by atoms with Gasteiger partial charge in [-0.05, 0) is 54.3 Å². The summed E-state index contributed by atoms with van der Waals surface area (Å²) >= 11 is 0. The zero-order chi connectivity index (χ0) is 25.5. The molecule has 0 heterocycles. The van der Waals surface area contributed by atoms with E-state index >= 15 is 0 Å². The number of carboxylic acids is 2. The Morgan fingerprint density at radius 2 is 1.29 bits per heavy atom. The van der Waals surface area contributed by atoms with E-state index in [2.05, 4.69) is 60.5 Å². The van der Waals surface area contributed by atoms with Gasteiger partial charge in [-0.1, -0.05) is 78.9 Å². The average molecular weight is 476 g/mol. The summed E-state index contributed by atoms with van der Waals surface area (Å²) in [6, 6.07) is 27.7. The highest BCUT2D eigenvalue weighted by atomic mass is 19.1. The standard InChI is InChI=1S/C25H26FN.C4H4O4/c1-27(20-18-21-9-4-2-5-10-21)19-8-13-25(22-11-6-3-7-12-22)23-14-16-24(26)17-15-23;5-3(6)1-2-4(7)8/h2-7,9-17H,8,18-20H2,1H3;1-2H,(H,5,6)(H,7,8)/b25-13-;2-1-. The first-order valence-electron chi connectivity index (χ1n) is 11.2. The second kappa shape index (κ2) is 15.0. The molecule has 6 heteroatoms. The summed E-state index contributed by atoms with van der Waals surface area (Å²) in [5.41, 5.74) is 4.74. The molecule has 3 rings (SSSR count). The van der Waals surface area contributed by atoms with Gasteiger partial charge in [-0.15, -0.1) is 0 Å². The topological polar surface area (TPSA) is 77.8 Å². The van der Waals surface area contributed by atoms with E-state index in [-0.39, 0.29) is 5.82 Å². The zero-order valence-electron chi connectivity index (χ0n) is 19.7. The van der Waals surface area contributed by atoms with Crippen molar-refractivity contribution in [1.29, 1.82) is 0 Å². The minimum atomic E-state index is -1.26. The lowest BCUT2D eigenvalue weighted by Crippen LogP contribution is -2.22. The molecule has 5 nitrogen and oxygen atoms in total. The molecule has 0 radical (unpaired) electrons. The monoisotopic (exact) mass is 475 g/mol. The number of rotatable bonds is 10. The number of carbonyl (C=O) groups is 2. The highest BCUT2D eigenvalue weighted by Gasteiger charge is 2.06. The molecule has 0 fully saturated rings. The third-order valence-electron chi connectivity index (χ3n) is 5.09. The van der Waals surface area contributed by atoms with Crippen LogP contribution in [0.5, 0.6) is 0 Å². The van der Waals surface area contributed by atoms with Crippen LogP contribution in [0.25, 0.3) is 5.57 Å². The summed E-state index contributed by atoms with van der Waals surface area (Å²) in [6.07, 6.45) is 5.39. The maximum Gasteiger partial charge on any atom is 0.328 e. The molecule has 3 aromatic rings. The third-order valence-corrected chi connectivity index (χ3v) is 5.09. The molecule has 0 atom stereocenters. The van der Waals surface area contributed by atoms with Gasteiger partial charge in [0.2, 0.25) is 0 Å². The van der Waals surface area contributed by atoms with E-state index in [0.29, 0.717) is 12.2 Å². The van der Waals surface area contributed by atoms with Gasteiger partial charge >= 0.3 is 11.9 Å². The van der Waals surface area contributed by atoms with E-state index in [0.717, 1.165) is 42.6 Å². The first kappa shape index (κ1) is 27.2. The Balaban J connectivity index is 0.000000466. The highest BCUT2D eigenvalue weighted by Crippen LogP contribution is 2.24. The van der Waals surface area contributed by atoms with Gasteiger partial charge < -0.3 is 15.1 Å². The van der Waals surface area contributed by atoms with Gasteiger partial charge in [0.15, 0.2) is 0 Å². The fourth-order valence-corrected chi connectivity index (χ4v) is 3.30. The van der Waals surface area contributed by atoms with Gasteiger partial charge in [0.05, 0.1) is 0 Å². The molecule has 35 heavy (non-hydrogen) atoms. The van der Waals surface area contributed by atoms with Gasteiger partial charge in [0.25, 0.3) is 0 Å². The van der Waals surface area contributed by atoms with Crippen molar-refractivity contribution in [2.75, 3.05) is 20.1 Å². The summed E-state index contributed by atoms with van der Waals surface area (Å²) in [5, 5.41) is 15.6. The van der Waals surface area contributed by atoms with Crippen LogP contribution in [0.1, 0.15) is 23.1 Å². The van der Waals surface area contributed by atoms with Crippen molar-refractivity contribution in [1.82, 2.24) is 4.90 Å². The van der Waals surface area contributed by atoms with Crippen LogP contribution < -0.4 is 0 Å². The van der Waals surface area contributed by atoms with Crippen molar-refractivity contribution in [3.05, 3.63) is 126 Å². The Labute approximate surface area is 205 Å². The molecule has 0 bridgehead atoms. The highest BCUT2D eigenvalue weighted by molar-refractivity contribution is 5.89. The van der Waals surface area contributed by atoms with Crippen LogP contribution in [0.15, 0.2) is 103 Å². The van der Waals surface area contributed by atoms with Gasteiger partial charge in [-0.2, -0.15) is 0 Å². The summed E-state index contributed by atoms with van der Waals surface area (Å²) in [4.78, 5) is 21.5. The molecular weight excluding hydrogens is 445 g/mol. The van der Waals surface area contributed by atoms with E-state index in [4.69, 9.17) is 10.2 Å². The van der Waals surface area contributed by atoms with Crippen molar-refractivity contribution >= 4 is 17.5 Å². The van der Waals surface area contributed by atoms with E-state index in [1.165, 1.54) is 17.7 Å². The molecule has 0 amide bonds. The van der Waals surface area contributed by atoms with Crippen molar-refractivity contribution in [3.63, 3.8) is 0 Å². The molecule has 3 aromatic carbocycles. The van der Waals surface area contributed by atoms with Crippen LogP contribution >= 0.6 is 0 Å². The van der Waals surface area contributed by atoms with Crippen LogP contribution in [0.4, 0.5) is 4.39 Å². The van der Waals surface area contributed by atoms with Gasteiger partial charge in [-0.25, -0.2) is 14.0 Å². The number of benzene rings is 3. The number of hydrogen-bond donors (Lipinski definition) is 2. The van der Waals surface area contributed by atoms with Crippen molar-refractivity contribution in [2.45, 2.75) is 12.8 Å². The lowest BCUT2D eigenvalue weighted by atomic mass is 9.97. The van der Waals surface area contributed by atoms with Crippen LogP contribution in [-0.2, 0) is 16.0 Å². The second-order valence-corrected chi connectivity index (χ2v) is 7.83. The van der Waals surface area contributed by atoms with Crippen LogP contribution in [0.3, 0.4) is 0 Å². The quantitative estimate of drug-likeness (QED) is 0.377. The zero-order valence-corrected chi connectivity index (χ0v) is 19.7. The SMILES string of the molecule is CN(CC/C=C(/c1ccccc1)c1ccc(F)cc1)CCc1ccccc1.O=C(O)/C=C\C(=O)O. The lowest BCUT2D eigenvalue weighted by Gasteiger charge is -2.16. The molecule has 182 valence electrons. The van der Waals surface area contributed by atoms with E-state index in [9.17, 15) is 14.0 Å². The summed E-state index contributed by atoms with van der Waals surface area (Å²) in [5.74, 6) is -2.72. The maximum atomic E-state index is 13.3. The summed E-state index contributed by atoms with van der Waals surface area (Å²) in [6.45, 7) is 2.03. The Morgan fingerprint density at radius 1 is 0.771 bits per heavy atom. The Hall–Kier alpha value is -4.03. The van der Waals surface area contributed by atoms with Gasteiger partial charge in [-0.3, -0.25) is 0 Å². The van der Waals surface area contributed by atoms with Crippen molar-refractivity contribution < 1.29 is 24.2 Å². The second-order valence-electron chi connectivity index (χ2n) is 7.83. The number of likely N-dealkylation sites (N-methyl/N-ethyl adjacent to an activating group) is 1. The number of nitrogens with zero attached hydrogens (tertiary/aromatic N) is 1. The number of hydrogen-bond acceptors (Lipinski definition) is 3. The minimum Gasteiger partial charge on any atom is -0.478 e. The predicted molar refractivity (Wildman–Crippen MR) is 137 cm³/mol. The number of carboxylic acid groups (broad SMARTS) is 2. The lowest BCUT2D eigenvalue weighted by molar-refractivity contribution is -0.134. The normalized spacial score (nSPS) is 11.2. The predicted octanol–water partition coefficient (Wildman–Crippen LogP) is 5.53. The minimum absolute atomic E-state index is 0.202. The molecule has 2 N–H and O–H groups in total. The fourth-order valence-electron chi connectivity index (χ4n) is 3.30. The number of aliphatic carboxylic acids is 2. The largest absolute Gasteiger partial charge is 0.478 e. The fraction of sp³-hybridized carbons (Fsp3) is 0.172. The molecule has 0 saturated heterocycles. The molecular formula is C29H30FNO4. The Kier molecular flexibility index (Phi) is 11.7. The van der Waals surface area contributed by atoms with Crippen LogP contribution in [0.2, 0.25) is 0 Å². The molecule has 0 aromatic heterocycles. The first-order valence-corrected chi connectivity index (χ1v) is 11.2. The molecule has 0 unspecified atom stereocenters. The van der Waals surface area contributed by atoms with Gasteiger partial charge in [0.1, 0.15) is 5.82 Å². The van der Waals surface area contributed by atoms with Crippen LogP contribution in [-0.4, -0.2) is 47.2 Å². The maximum absolute atomic E-state index is 13.3. The van der Waals surface area contributed by atoms with Crippen molar-refractivity contribution in [3.8, 4) is 0 Å². The average Bonchev–Trinajstić information content (AvgIpc) is 2.86. The summed E-state index contributed by atoms with van der Waals surface area (Å²) in [7, 11) is 2.16. The summed E-state index contributed by atoms with van der Waals surface area (Å²) < 4.78 is 13.3. The van der Waals surface area contributed by atoms with Crippen LogP contribution in [0, 0.1) is 5.82 Å². The molecule has 0 aliphatic heterocycles. The molecule has 0 saturated carbocycles. The van der Waals surface area contributed by atoms with E-state index in [1.54, 1.807) is 0 Å². The Bertz CT molecular complexity index is 1090. The molecule has 0 aliphatic carbocycles. The third kappa shape index (κ3) is 11.1. The smallest absolute Gasteiger partial charge is 0.328 e. The van der Waals surface area contributed by atoms with Crippen molar-refractivity contribution in [2.24, 2.45) is 0 Å².